The van der Waals surface area contributed by atoms with Crippen LogP contribution in [-0.4, -0.2) is 26.8 Å². The van der Waals surface area contributed by atoms with Crippen molar-refractivity contribution in [2.75, 3.05) is 20.8 Å². The lowest BCUT2D eigenvalue weighted by molar-refractivity contribution is 0.392. The standard InChI is InChI=1S/C16H25NO2/c1-4-17-16(13-6-7-13)8-5-12-9-14(18-2)11-15(10-12)19-3/h9-11,13,16-17H,4-8H2,1-3H3. The summed E-state index contributed by atoms with van der Waals surface area (Å²) in [5.41, 5.74) is 1.29. The summed E-state index contributed by atoms with van der Waals surface area (Å²) in [4.78, 5) is 0. The topological polar surface area (TPSA) is 30.5 Å². The molecule has 0 saturated heterocycles. The van der Waals surface area contributed by atoms with E-state index in [1.54, 1.807) is 14.2 Å². The van der Waals surface area contributed by atoms with Gasteiger partial charge in [-0.3, -0.25) is 0 Å². The van der Waals surface area contributed by atoms with Crippen LogP contribution in [0.4, 0.5) is 0 Å². The zero-order valence-corrected chi connectivity index (χ0v) is 12.2. The van der Waals surface area contributed by atoms with Gasteiger partial charge in [0.05, 0.1) is 14.2 Å². The van der Waals surface area contributed by atoms with Gasteiger partial charge in [0.15, 0.2) is 0 Å². The molecule has 0 spiro atoms. The number of aryl methyl sites for hydroxylation is 1. The normalized spacial score (nSPS) is 16.2. The Morgan fingerprint density at radius 3 is 2.26 bits per heavy atom. The van der Waals surface area contributed by atoms with E-state index in [4.69, 9.17) is 9.47 Å². The Balaban J connectivity index is 1.97. The highest BCUT2D eigenvalue weighted by Gasteiger charge is 2.30. The van der Waals surface area contributed by atoms with E-state index in [-0.39, 0.29) is 0 Å². The first-order valence-corrected chi connectivity index (χ1v) is 7.22. The van der Waals surface area contributed by atoms with Crippen LogP contribution in [0, 0.1) is 5.92 Å². The van der Waals surface area contributed by atoms with E-state index in [0.29, 0.717) is 6.04 Å². The number of nitrogens with one attached hydrogen (secondary N) is 1. The van der Waals surface area contributed by atoms with Gasteiger partial charge in [-0.15, -0.1) is 0 Å². The molecule has 0 amide bonds. The maximum absolute atomic E-state index is 5.32. The summed E-state index contributed by atoms with van der Waals surface area (Å²) >= 11 is 0. The monoisotopic (exact) mass is 263 g/mol. The van der Waals surface area contributed by atoms with Crippen LogP contribution in [0.1, 0.15) is 31.7 Å². The third kappa shape index (κ3) is 4.13. The average molecular weight is 263 g/mol. The summed E-state index contributed by atoms with van der Waals surface area (Å²) in [7, 11) is 3.40. The summed E-state index contributed by atoms with van der Waals surface area (Å²) < 4.78 is 10.6. The molecule has 0 aliphatic heterocycles. The van der Waals surface area contributed by atoms with E-state index in [0.717, 1.165) is 30.4 Å². The van der Waals surface area contributed by atoms with Crippen LogP contribution in [0.5, 0.6) is 11.5 Å². The van der Waals surface area contributed by atoms with E-state index >= 15 is 0 Å². The Morgan fingerprint density at radius 1 is 1.16 bits per heavy atom. The predicted molar refractivity (Wildman–Crippen MR) is 78.1 cm³/mol. The van der Waals surface area contributed by atoms with Gasteiger partial charge in [-0.1, -0.05) is 6.92 Å². The summed E-state index contributed by atoms with van der Waals surface area (Å²) in [5.74, 6) is 2.65. The molecule has 1 N–H and O–H groups in total. The first-order valence-electron chi connectivity index (χ1n) is 7.22. The SMILES string of the molecule is CCNC(CCc1cc(OC)cc(OC)c1)C1CC1. The van der Waals surface area contributed by atoms with E-state index in [1.165, 1.54) is 24.8 Å². The lowest BCUT2D eigenvalue weighted by Crippen LogP contribution is -2.31. The fourth-order valence-electron chi connectivity index (χ4n) is 2.60. The Hall–Kier alpha value is -1.22. The molecule has 1 aliphatic carbocycles. The second-order valence-electron chi connectivity index (χ2n) is 5.26. The molecule has 0 radical (unpaired) electrons. The lowest BCUT2D eigenvalue weighted by Gasteiger charge is -2.17. The highest BCUT2D eigenvalue weighted by molar-refractivity contribution is 5.38. The summed E-state index contributed by atoms with van der Waals surface area (Å²) in [6.07, 6.45) is 5.04. The molecule has 1 aliphatic rings. The van der Waals surface area contributed by atoms with Crippen molar-refractivity contribution in [1.29, 1.82) is 0 Å². The highest BCUT2D eigenvalue weighted by Crippen LogP contribution is 2.34. The van der Waals surface area contributed by atoms with Crippen molar-refractivity contribution < 1.29 is 9.47 Å². The first-order chi connectivity index (χ1) is 9.26. The summed E-state index contributed by atoms with van der Waals surface area (Å²) in [6, 6.07) is 6.81. The molecular weight excluding hydrogens is 238 g/mol. The number of hydrogen-bond donors (Lipinski definition) is 1. The molecule has 2 rings (SSSR count). The zero-order chi connectivity index (χ0) is 13.7. The fourth-order valence-corrected chi connectivity index (χ4v) is 2.60. The number of benzene rings is 1. The predicted octanol–water partition coefficient (Wildman–Crippen LogP) is 3.02. The Bertz CT molecular complexity index is 379. The van der Waals surface area contributed by atoms with Crippen molar-refractivity contribution in [2.24, 2.45) is 5.92 Å². The van der Waals surface area contributed by atoms with Crippen molar-refractivity contribution in [1.82, 2.24) is 5.32 Å². The maximum atomic E-state index is 5.32. The Kier molecular flexibility index (Phi) is 5.08. The van der Waals surface area contributed by atoms with Crippen molar-refractivity contribution >= 4 is 0 Å². The molecule has 1 atom stereocenters. The number of ether oxygens (including phenoxy) is 2. The zero-order valence-electron chi connectivity index (χ0n) is 12.2. The molecule has 0 heterocycles. The van der Waals surface area contributed by atoms with Crippen LogP contribution < -0.4 is 14.8 Å². The molecule has 0 bridgehead atoms. The van der Waals surface area contributed by atoms with E-state index in [2.05, 4.69) is 24.4 Å². The molecule has 1 saturated carbocycles. The minimum absolute atomic E-state index is 0.669. The molecule has 3 heteroatoms. The van der Waals surface area contributed by atoms with Crippen LogP contribution in [0.15, 0.2) is 18.2 Å². The van der Waals surface area contributed by atoms with Crippen LogP contribution >= 0.6 is 0 Å². The molecule has 1 aromatic carbocycles. The van der Waals surface area contributed by atoms with Crippen molar-refractivity contribution in [3.63, 3.8) is 0 Å². The number of hydrogen-bond acceptors (Lipinski definition) is 3. The molecule has 19 heavy (non-hydrogen) atoms. The Labute approximate surface area is 116 Å². The average Bonchev–Trinajstić information content (AvgIpc) is 3.27. The van der Waals surface area contributed by atoms with Crippen molar-refractivity contribution in [3.05, 3.63) is 23.8 Å². The van der Waals surface area contributed by atoms with Gasteiger partial charge in [0.1, 0.15) is 11.5 Å². The van der Waals surface area contributed by atoms with E-state index in [1.807, 2.05) is 6.07 Å². The van der Waals surface area contributed by atoms with Crippen LogP contribution in [-0.2, 0) is 6.42 Å². The fraction of sp³-hybridized carbons (Fsp3) is 0.625. The lowest BCUT2D eigenvalue weighted by atomic mass is 10.0. The van der Waals surface area contributed by atoms with Gasteiger partial charge in [0.25, 0.3) is 0 Å². The summed E-state index contributed by atoms with van der Waals surface area (Å²) in [6.45, 7) is 3.24. The molecule has 1 fully saturated rings. The molecular formula is C16H25NO2. The highest BCUT2D eigenvalue weighted by atomic mass is 16.5. The van der Waals surface area contributed by atoms with Crippen molar-refractivity contribution in [2.45, 2.75) is 38.6 Å². The molecule has 1 unspecified atom stereocenters. The van der Waals surface area contributed by atoms with Crippen LogP contribution in [0.2, 0.25) is 0 Å². The number of methoxy groups -OCH3 is 2. The van der Waals surface area contributed by atoms with Crippen molar-refractivity contribution in [3.8, 4) is 11.5 Å². The third-order valence-corrected chi connectivity index (χ3v) is 3.81. The third-order valence-electron chi connectivity index (χ3n) is 3.81. The smallest absolute Gasteiger partial charge is 0.122 e. The quantitative estimate of drug-likeness (QED) is 0.782. The van der Waals surface area contributed by atoms with Gasteiger partial charge in [-0.25, -0.2) is 0 Å². The van der Waals surface area contributed by atoms with Gasteiger partial charge < -0.3 is 14.8 Å². The summed E-state index contributed by atoms with van der Waals surface area (Å²) in [5, 5.41) is 3.61. The molecule has 3 nitrogen and oxygen atoms in total. The van der Waals surface area contributed by atoms with Gasteiger partial charge in [-0.2, -0.15) is 0 Å². The minimum atomic E-state index is 0.669. The Morgan fingerprint density at radius 2 is 1.79 bits per heavy atom. The van der Waals surface area contributed by atoms with Crippen LogP contribution in [0.25, 0.3) is 0 Å². The minimum Gasteiger partial charge on any atom is -0.497 e. The maximum Gasteiger partial charge on any atom is 0.122 e. The molecule has 106 valence electrons. The van der Waals surface area contributed by atoms with Gasteiger partial charge in [-0.05, 0) is 55.8 Å². The largest absolute Gasteiger partial charge is 0.497 e. The second kappa shape index (κ2) is 6.80. The van der Waals surface area contributed by atoms with Crippen LogP contribution in [0.3, 0.4) is 0 Å². The van der Waals surface area contributed by atoms with Gasteiger partial charge in [0, 0.05) is 12.1 Å². The molecule has 1 aromatic rings. The van der Waals surface area contributed by atoms with Gasteiger partial charge >= 0.3 is 0 Å². The molecule has 0 aromatic heterocycles. The first kappa shape index (κ1) is 14.2. The van der Waals surface area contributed by atoms with E-state index < -0.39 is 0 Å². The van der Waals surface area contributed by atoms with Gasteiger partial charge in [0.2, 0.25) is 0 Å². The second-order valence-corrected chi connectivity index (χ2v) is 5.26. The number of rotatable bonds is 8. The van der Waals surface area contributed by atoms with E-state index in [9.17, 15) is 0 Å².